The highest BCUT2D eigenvalue weighted by molar-refractivity contribution is 5.82. The van der Waals surface area contributed by atoms with E-state index in [1.807, 2.05) is 66.7 Å². The number of aliphatic hydroxyl groups excluding tert-OH is 1. The Morgan fingerprint density at radius 2 is 1.88 bits per heavy atom. The highest BCUT2D eigenvalue weighted by atomic mass is 16.3. The molecule has 0 aliphatic heterocycles. The number of aromatic nitrogens is 1. The maximum atomic E-state index is 8.97. The molecule has 0 aliphatic rings. The van der Waals surface area contributed by atoms with E-state index < -0.39 is 0 Å². The first-order valence-corrected chi connectivity index (χ1v) is 7.71. The summed E-state index contributed by atoms with van der Waals surface area (Å²) >= 11 is 0. The number of oxazole rings is 1. The number of anilines is 1. The van der Waals surface area contributed by atoms with Crippen molar-refractivity contribution in [3.63, 3.8) is 0 Å². The van der Waals surface area contributed by atoms with Gasteiger partial charge in [-0.15, -0.1) is 0 Å². The lowest BCUT2D eigenvalue weighted by Crippen LogP contribution is -2.20. The summed E-state index contributed by atoms with van der Waals surface area (Å²) in [5, 5.41) is 8.97. The van der Waals surface area contributed by atoms with Gasteiger partial charge in [-0.1, -0.05) is 12.1 Å². The van der Waals surface area contributed by atoms with E-state index in [0.717, 1.165) is 28.3 Å². The third-order valence-electron chi connectivity index (χ3n) is 3.72. The number of likely N-dealkylation sites (N-methyl/N-ethyl adjacent to an activating group) is 1. The van der Waals surface area contributed by atoms with Crippen molar-refractivity contribution in [2.75, 3.05) is 25.1 Å². The van der Waals surface area contributed by atoms with Crippen molar-refractivity contribution in [2.45, 2.75) is 0 Å². The lowest BCUT2D eigenvalue weighted by atomic mass is 10.1. The molecule has 5 nitrogen and oxygen atoms in total. The average Bonchev–Trinajstić information content (AvgIpc) is 3.16. The number of hydrogen-bond acceptors (Lipinski definition) is 5. The normalized spacial score (nSPS) is 11.1. The number of aliphatic imine (C=N–C) groups is 1. The summed E-state index contributed by atoms with van der Waals surface area (Å²) in [6.45, 7) is 0.759. The summed E-state index contributed by atoms with van der Waals surface area (Å²) in [4.78, 5) is 10.4. The van der Waals surface area contributed by atoms with Crippen molar-refractivity contribution in [1.29, 1.82) is 0 Å². The molecule has 1 heterocycles. The van der Waals surface area contributed by atoms with Crippen LogP contribution >= 0.6 is 0 Å². The molecule has 0 aliphatic carbocycles. The van der Waals surface area contributed by atoms with E-state index in [-0.39, 0.29) is 6.61 Å². The van der Waals surface area contributed by atoms with Gasteiger partial charge in [-0.2, -0.15) is 0 Å². The Hall–Kier alpha value is -2.92. The van der Waals surface area contributed by atoms with Gasteiger partial charge in [0.25, 0.3) is 0 Å². The number of hydrogen-bond donors (Lipinski definition) is 1. The van der Waals surface area contributed by atoms with Gasteiger partial charge < -0.3 is 14.4 Å². The van der Waals surface area contributed by atoms with Gasteiger partial charge in [-0.3, -0.25) is 4.99 Å². The van der Waals surface area contributed by atoms with Crippen LogP contribution in [0.4, 0.5) is 11.4 Å². The Bertz CT molecular complexity index is 778. The monoisotopic (exact) mass is 321 g/mol. The molecule has 24 heavy (non-hydrogen) atoms. The van der Waals surface area contributed by atoms with Crippen molar-refractivity contribution >= 4 is 17.6 Å². The smallest absolute Gasteiger partial charge is 0.181 e. The fraction of sp³-hybridized carbons (Fsp3) is 0.158. The van der Waals surface area contributed by atoms with E-state index >= 15 is 0 Å². The van der Waals surface area contributed by atoms with Crippen molar-refractivity contribution in [1.82, 2.24) is 4.98 Å². The fourth-order valence-corrected chi connectivity index (χ4v) is 2.31. The second-order valence-electron chi connectivity index (χ2n) is 5.41. The van der Waals surface area contributed by atoms with E-state index in [1.165, 1.54) is 6.39 Å². The molecule has 5 heteroatoms. The standard InChI is InChI=1S/C19H19N3O2/c1-22(10-11-23)18-8-2-15(3-9-18)12-21-17-6-4-16(5-7-17)19-13-20-14-24-19/h2-9,12-14,23H,10-11H2,1H3. The van der Waals surface area contributed by atoms with Crippen LogP contribution in [-0.4, -0.2) is 36.5 Å². The molecule has 2 aromatic carbocycles. The van der Waals surface area contributed by atoms with Gasteiger partial charge in [0.2, 0.25) is 0 Å². The maximum Gasteiger partial charge on any atom is 0.181 e. The van der Waals surface area contributed by atoms with E-state index in [9.17, 15) is 0 Å². The minimum absolute atomic E-state index is 0.143. The molecule has 0 fully saturated rings. The van der Waals surface area contributed by atoms with Crippen molar-refractivity contribution in [3.05, 3.63) is 66.7 Å². The highest BCUT2D eigenvalue weighted by Crippen LogP contribution is 2.22. The van der Waals surface area contributed by atoms with Gasteiger partial charge >= 0.3 is 0 Å². The van der Waals surface area contributed by atoms with Gasteiger partial charge in [0.15, 0.2) is 12.2 Å². The van der Waals surface area contributed by atoms with Crippen LogP contribution in [0.2, 0.25) is 0 Å². The van der Waals surface area contributed by atoms with Crippen LogP contribution < -0.4 is 4.90 Å². The molecule has 122 valence electrons. The number of aliphatic hydroxyl groups is 1. The number of benzene rings is 2. The zero-order valence-electron chi connectivity index (χ0n) is 13.5. The molecule has 0 radical (unpaired) electrons. The van der Waals surface area contributed by atoms with Crippen LogP contribution in [0.25, 0.3) is 11.3 Å². The zero-order valence-corrected chi connectivity index (χ0v) is 13.5. The molecule has 0 unspecified atom stereocenters. The van der Waals surface area contributed by atoms with Crippen LogP contribution in [0, 0.1) is 0 Å². The first-order valence-electron chi connectivity index (χ1n) is 7.71. The third-order valence-corrected chi connectivity index (χ3v) is 3.72. The molecule has 1 N–H and O–H groups in total. The third kappa shape index (κ3) is 3.88. The van der Waals surface area contributed by atoms with Gasteiger partial charge in [-0.05, 0) is 42.0 Å². The molecule has 3 aromatic rings. The predicted molar refractivity (Wildman–Crippen MR) is 96.0 cm³/mol. The molecule has 3 rings (SSSR count). The molecule has 0 spiro atoms. The van der Waals surface area contributed by atoms with Crippen molar-refractivity contribution in [2.24, 2.45) is 4.99 Å². The maximum absolute atomic E-state index is 8.97. The molecular weight excluding hydrogens is 302 g/mol. The minimum Gasteiger partial charge on any atom is -0.444 e. The van der Waals surface area contributed by atoms with Crippen molar-refractivity contribution in [3.8, 4) is 11.3 Å². The largest absolute Gasteiger partial charge is 0.444 e. The summed E-state index contributed by atoms with van der Waals surface area (Å²) in [6, 6.07) is 15.9. The van der Waals surface area contributed by atoms with Crippen molar-refractivity contribution < 1.29 is 9.52 Å². The van der Waals surface area contributed by atoms with E-state index in [4.69, 9.17) is 9.52 Å². The highest BCUT2D eigenvalue weighted by Gasteiger charge is 2.01. The van der Waals surface area contributed by atoms with Crippen LogP contribution in [0.5, 0.6) is 0 Å². The zero-order chi connectivity index (χ0) is 16.8. The summed E-state index contributed by atoms with van der Waals surface area (Å²) in [6.07, 6.45) is 4.94. The van der Waals surface area contributed by atoms with Crippen LogP contribution in [0.1, 0.15) is 5.56 Å². The first kappa shape index (κ1) is 16.0. The minimum atomic E-state index is 0.143. The predicted octanol–water partition coefficient (Wildman–Crippen LogP) is 3.52. The molecule has 0 amide bonds. The molecule has 0 bridgehead atoms. The quantitative estimate of drug-likeness (QED) is 0.706. The second kappa shape index (κ2) is 7.57. The fourth-order valence-electron chi connectivity index (χ4n) is 2.31. The average molecular weight is 321 g/mol. The molecule has 1 aromatic heterocycles. The SMILES string of the molecule is CN(CCO)c1ccc(C=Nc2ccc(-c3cnco3)cc2)cc1. The van der Waals surface area contributed by atoms with E-state index in [1.54, 1.807) is 6.20 Å². The van der Waals surface area contributed by atoms with E-state index in [0.29, 0.717) is 6.54 Å². The lowest BCUT2D eigenvalue weighted by molar-refractivity contribution is 0.304. The summed E-state index contributed by atoms with van der Waals surface area (Å²) < 4.78 is 5.27. The summed E-state index contributed by atoms with van der Waals surface area (Å²) in [5.41, 5.74) is 3.94. The Morgan fingerprint density at radius 3 is 2.50 bits per heavy atom. The molecule has 0 atom stereocenters. The van der Waals surface area contributed by atoms with Gasteiger partial charge in [0.1, 0.15) is 0 Å². The van der Waals surface area contributed by atoms with Crippen LogP contribution in [-0.2, 0) is 0 Å². The van der Waals surface area contributed by atoms with Gasteiger partial charge in [0, 0.05) is 31.1 Å². The Labute approximate surface area is 140 Å². The van der Waals surface area contributed by atoms with Crippen LogP contribution in [0.15, 0.2) is 70.5 Å². The number of rotatable bonds is 6. The summed E-state index contributed by atoms with van der Waals surface area (Å²) in [5.74, 6) is 0.744. The Kier molecular flexibility index (Phi) is 5.03. The molecular formula is C19H19N3O2. The Morgan fingerprint density at radius 1 is 1.12 bits per heavy atom. The molecule has 0 saturated heterocycles. The van der Waals surface area contributed by atoms with Crippen LogP contribution in [0.3, 0.4) is 0 Å². The van der Waals surface area contributed by atoms with E-state index in [2.05, 4.69) is 9.98 Å². The number of nitrogens with zero attached hydrogens (tertiary/aromatic N) is 3. The first-order chi connectivity index (χ1) is 11.8. The second-order valence-corrected chi connectivity index (χ2v) is 5.41. The lowest BCUT2D eigenvalue weighted by Gasteiger charge is -2.17. The van der Waals surface area contributed by atoms with Gasteiger partial charge in [0.05, 0.1) is 18.5 Å². The van der Waals surface area contributed by atoms with Gasteiger partial charge in [-0.25, -0.2) is 4.98 Å². The summed E-state index contributed by atoms with van der Waals surface area (Å²) in [7, 11) is 1.95. The Balaban J connectivity index is 1.67. The molecule has 0 saturated carbocycles. The topological polar surface area (TPSA) is 61.9 Å².